The molecule has 0 unspecified atom stereocenters. The van der Waals surface area contributed by atoms with Crippen LogP contribution in [0.1, 0.15) is 30.4 Å². The molecule has 0 aromatic heterocycles. The number of nitrogens with one attached hydrogen (secondary N) is 1. The molecule has 0 bridgehead atoms. The summed E-state index contributed by atoms with van der Waals surface area (Å²) >= 11 is 0. The number of anilines is 1. The minimum absolute atomic E-state index is 0.0115. The Morgan fingerprint density at radius 2 is 1.70 bits per heavy atom. The van der Waals surface area contributed by atoms with Gasteiger partial charge in [-0.2, -0.15) is 4.31 Å². The number of sulfonamides is 1. The number of carbonyl (C=O) groups excluding carboxylic acids is 1. The van der Waals surface area contributed by atoms with Crippen molar-refractivity contribution in [2.45, 2.75) is 38.0 Å². The van der Waals surface area contributed by atoms with Crippen molar-refractivity contribution in [3.8, 4) is 0 Å². The largest absolute Gasteiger partial charge is 0.326 e. The fraction of sp³-hybridized carbons (Fsp3) is 0.381. The van der Waals surface area contributed by atoms with Gasteiger partial charge in [0.15, 0.2) is 0 Å². The van der Waals surface area contributed by atoms with Crippen molar-refractivity contribution in [2.24, 2.45) is 5.92 Å². The molecule has 1 N–H and O–H groups in total. The molecule has 144 valence electrons. The van der Waals surface area contributed by atoms with Crippen LogP contribution in [0.3, 0.4) is 0 Å². The topological polar surface area (TPSA) is 66.5 Å². The van der Waals surface area contributed by atoms with Gasteiger partial charge in [-0.05, 0) is 68.0 Å². The first-order valence-corrected chi connectivity index (χ1v) is 10.7. The van der Waals surface area contributed by atoms with Crippen LogP contribution in [0.15, 0.2) is 53.4 Å². The highest BCUT2D eigenvalue weighted by molar-refractivity contribution is 7.89. The van der Waals surface area contributed by atoms with Gasteiger partial charge in [0.25, 0.3) is 0 Å². The number of hydrogen-bond acceptors (Lipinski definition) is 3. The zero-order chi connectivity index (χ0) is 19.4. The molecule has 0 radical (unpaired) electrons. The number of rotatable bonds is 5. The number of aryl methyl sites for hydroxylation is 2. The molecule has 1 fully saturated rings. The molecule has 0 saturated carbocycles. The fourth-order valence-corrected chi connectivity index (χ4v) is 4.88. The second-order valence-corrected chi connectivity index (χ2v) is 9.15. The molecule has 0 atom stereocenters. The normalized spacial score (nSPS) is 16.2. The molecule has 2 aromatic rings. The van der Waals surface area contributed by atoms with Crippen LogP contribution in [0.5, 0.6) is 0 Å². The second-order valence-electron chi connectivity index (χ2n) is 7.21. The van der Waals surface area contributed by atoms with Gasteiger partial charge in [0, 0.05) is 25.2 Å². The number of piperidine rings is 1. The Bertz CT molecular complexity index is 902. The molecule has 5 nitrogen and oxygen atoms in total. The van der Waals surface area contributed by atoms with Crippen LogP contribution < -0.4 is 5.32 Å². The second kappa shape index (κ2) is 8.23. The van der Waals surface area contributed by atoms with Gasteiger partial charge >= 0.3 is 0 Å². The van der Waals surface area contributed by atoms with Crippen molar-refractivity contribution in [1.29, 1.82) is 0 Å². The van der Waals surface area contributed by atoms with E-state index < -0.39 is 10.0 Å². The van der Waals surface area contributed by atoms with Crippen LogP contribution in [-0.2, 0) is 14.8 Å². The molecule has 1 aliphatic heterocycles. The Morgan fingerprint density at radius 3 is 2.33 bits per heavy atom. The van der Waals surface area contributed by atoms with Gasteiger partial charge in [-0.15, -0.1) is 0 Å². The van der Waals surface area contributed by atoms with Crippen molar-refractivity contribution >= 4 is 21.6 Å². The Morgan fingerprint density at radius 1 is 1.04 bits per heavy atom. The predicted octanol–water partition coefficient (Wildman–Crippen LogP) is 3.73. The lowest BCUT2D eigenvalue weighted by molar-refractivity contribution is -0.117. The number of nitrogens with zero attached hydrogens (tertiary/aromatic N) is 1. The Labute approximate surface area is 161 Å². The third-order valence-corrected chi connectivity index (χ3v) is 7.13. The summed E-state index contributed by atoms with van der Waals surface area (Å²) in [7, 11) is -3.44. The van der Waals surface area contributed by atoms with Crippen molar-refractivity contribution in [3.63, 3.8) is 0 Å². The van der Waals surface area contributed by atoms with Crippen molar-refractivity contribution < 1.29 is 13.2 Å². The van der Waals surface area contributed by atoms with Gasteiger partial charge in [-0.3, -0.25) is 4.79 Å². The first-order valence-electron chi connectivity index (χ1n) is 9.28. The molecule has 0 aliphatic carbocycles. The smallest absolute Gasteiger partial charge is 0.243 e. The van der Waals surface area contributed by atoms with E-state index in [1.165, 1.54) is 9.87 Å². The predicted molar refractivity (Wildman–Crippen MR) is 107 cm³/mol. The van der Waals surface area contributed by atoms with E-state index in [0.29, 0.717) is 37.2 Å². The van der Waals surface area contributed by atoms with E-state index in [1.807, 2.05) is 32.0 Å². The molecule has 1 amide bonds. The number of carbonyl (C=O) groups is 1. The Balaban J connectivity index is 1.53. The highest BCUT2D eigenvalue weighted by Gasteiger charge is 2.30. The van der Waals surface area contributed by atoms with Gasteiger partial charge in [-0.25, -0.2) is 8.42 Å². The van der Waals surface area contributed by atoms with Crippen molar-refractivity contribution in [1.82, 2.24) is 4.31 Å². The van der Waals surface area contributed by atoms with Crippen LogP contribution in [0.2, 0.25) is 0 Å². The van der Waals surface area contributed by atoms with E-state index >= 15 is 0 Å². The fourth-order valence-electron chi connectivity index (χ4n) is 3.39. The lowest BCUT2D eigenvalue weighted by Gasteiger charge is -2.31. The van der Waals surface area contributed by atoms with Crippen LogP contribution in [0, 0.1) is 19.8 Å². The molecule has 1 saturated heterocycles. The molecule has 1 heterocycles. The lowest BCUT2D eigenvalue weighted by atomic mass is 9.94. The maximum atomic E-state index is 12.7. The monoisotopic (exact) mass is 386 g/mol. The number of hydrogen-bond donors (Lipinski definition) is 1. The molecular weight excluding hydrogens is 360 g/mol. The minimum atomic E-state index is -3.44. The van der Waals surface area contributed by atoms with Crippen molar-refractivity contribution in [2.75, 3.05) is 18.4 Å². The summed E-state index contributed by atoms with van der Waals surface area (Å²) in [6.07, 6.45) is 1.82. The summed E-state index contributed by atoms with van der Waals surface area (Å²) in [6, 6.07) is 14.4. The molecule has 3 rings (SSSR count). The summed E-state index contributed by atoms with van der Waals surface area (Å²) in [5.74, 6) is 0.196. The summed E-state index contributed by atoms with van der Waals surface area (Å²) in [6.45, 7) is 4.98. The van der Waals surface area contributed by atoms with Gasteiger partial charge in [-0.1, -0.05) is 24.3 Å². The standard InChI is InChI=1S/C21H26N2O3S/c1-16-8-9-19(14-17(16)2)22-21(24)15-18-10-12-23(13-11-18)27(25,26)20-6-4-3-5-7-20/h3-9,14,18H,10-13,15H2,1-2H3,(H,22,24). The Hall–Kier alpha value is -2.18. The van der Waals surface area contributed by atoms with E-state index in [-0.39, 0.29) is 11.8 Å². The van der Waals surface area contributed by atoms with E-state index in [0.717, 1.165) is 11.3 Å². The van der Waals surface area contributed by atoms with Crippen LogP contribution >= 0.6 is 0 Å². The average Bonchev–Trinajstić information content (AvgIpc) is 2.66. The maximum absolute atomic E-state index is 12.7. The molecule has 1 aliphatic rings. The zero-order valence-corrected chi connectivity index (χ0v) is 16.6. The third kappa shape index (κ3) is 4.76. The highest BCUT2D eigenvalue weighted by atomic mass is 32.2. The molecule has 2 aromatic carbocycles. The van der Waals surface area contributed by atoms with Gasteiger partial charge in [0.05, 0.1) is 4.90 Å². The lowest BCUT2D eigenvalue weighted by Crippen LogP contribution is -2.39. The molecule has 0 spiro atoms. The number of amides is 1. The summed E-state index contributed by atoms with van der Waals surface area (Å²) in [5.41, 5.74) is 3.15. The van der Waals surface area contributed by atoms with Gasteiger partial charge in [0.2, 0.25) is 15.9 Å². The first-order chi connectivity index (χ1) is 12.9. The molecular formula is C21H26N2O3S. The quantitative estimate of drug-likeness (QED) is 0.851. The van der Waals surface area contributed by atoms with Crippen LogP contribution in [0.4, 0.5) is 5.69 Å². The summed E-state index contributed by atoms with van der Waals surface area (Å²) in [4.78, 5) is 12.7. The van der Waals surface area contributed by atoms with Crippen LogP contribution in [-0.4, -0.2) is 31.7 Å². The average molecular weight is 387 g/mol. The first kappa shape index (κ1) is 19.6. The summed E-state index contributed by atoms with van der Waals surface area (Å²) in [5, 5.41) is 2.95. The van der Waals surface area contributed by atoms with Crippen molar-refractivity contribution in [3.05, 3.63) is 59.7 Å². The maximum Gasteiger partial charge on any atom is 0.243 e. The van der Waals surface area contributed by atoms with E-state index in [9.17, 15) is 13.2 Å². The van der Waals surface area contributed by atoms with Gasteiger partial charge in [0.1, 0.15) is 0 Å². The zero-order valence-electron chi connectivity index (χ0n) is 15.8. The van der Waals surface area contributed by atoms with E-state index in [1.54, 1.807) is 30.3 Å². The SMILES string of the molecule is Cc1ccc(NC(=O)CC2CCN(S(=O)(=O)c3ccccc3)CC2)cc1C. The van der Waals surface area contributed by atoms with Crippen LogP contribution in [0.25, 0.3) is 0 Å². The van der Waals surface area contributed by atoms with E-state index in [2.05, 4.69) is 5.32 Å². The number of benzene rings is 2. The summed E-state index contributed by atoms with van der Waals surface area (Å²) < 4.78 is 26.9. The minimum Gasteiger partial charge on any atom is -0.326 e. The third-order valence-electron chi connectivity index (χ3n) is 5.22. The molecule has 27 heavy (non-hydrogen) atoms. The Kier molecular flexibility index (Phi) is 5.97. The van der Waals surface area contributed by atoms with E-state index in [4.69, 9.17) is 0 Å². The molecule has 6 heteroatoms. The highest BCUT2D eigenvalue weighted by Crippen LogP contribution is 2.26. The van der Waals surface area contributed by atoms with Gasteiger partial charge < -0.3 is 5.32 Å².